The van der Waals surface area contributed by atoms with E-state index in [9.17, 15) is 4.79 Å². The van der Waals surface area contributed by atoms with Crippen LogP contribution < -0.4 is 0 Å². The van der Waals surface area contributed by atoms with Gasteiger partial charge in [-0.05, 0) is 31.2 Å². The molecule has 5 nitrogen and oxygen atoms in total. The lowest BCUT2D eigenvalue weighted by molar-refractivity contribution is 0.0433. The molecular formula is C19H14N2O3. The van der Waals surface area contributed by atoms with Gasteiger partial charge < -0.3 is 9.15 Å². The number of nitrogens with zero attached hydrogens (tertiary/aromatic N) is 2. The van der Waals surface area contributed by atoms with Gasteiger partial charge in [-0.3, -0.25) is 0 Å². The van der Waals surface area contributed by atoms with E-state index >= 15 is 0 Å². The van der Waals surface area contributed by atoms with Gasteiger partial charge in [-0.1, -0.05) is 30.3 Å². The molecule has 4 rings (SSSR count). The second kappa shape index (κ2) is 5.77. The van der Waals surface area contributed by atoms with Crippen LogP contribution in [0.3, 0.4) is 0 Å². The minimum absolute atomic E-state index is 0.0551. The summed E-state index contributed by atoms with van der Waals surface area (Å²) in [6.07, 6.45) is 0. The molecule has 0 N–H and O–H groups in total. The Labute approximate surface area is 137 Å². The molecule has 0 bridgehead atoms. The van der Waals surface area contributed by atoms with Crippen LogP contribution in [0.1, 0.15) is 21.9 Å². The first-order valence-electron chi connectivity index (χ1n) is 7.59. The first-order chi connectivity index (χ1) is 11.7. The Hall–Kier alpha value is -3.21. The van der Waals surface area contributed by atoms with Crippen LogP contribution in [0, 0.1) is 6.92 Å². The first kappa shape index (κ1) is 14.4. The van der Waals surface area contributed by atoms with Crippen LogP contribution in [0.4, 0.5) is 0 Å². The minimum Gasteiger partial charge on any atom is -0.453 e. The van der Waals surface area contributed by atoms with Crippen molar-refractivity contribution < 1.29 is 13.9 Å². The molecule has 24 heavy (non-hydrogen) atoms. The number of fused-ring (bicyclic) bond motifs is 2. The maximum atomic E-state index is 12.2. The van der Waals surface area contributed by atoms with Crippen LogP contribution in [0.25, 0.3) is 22.0 Å². The van der Waals surface area contributed by atoms with Gasteiger partial charge >= 0.3 is 5.97 Å². The Morgan fingerprint density at radius 3 is 2.54 bits per heavy atom. The van der Waals surface area contributed by atoms with Gasteiger partial charge in [0.05, 0.1) is 22.4 Å². The van der Waals surface area contributed by atoms with E-state index < -0.39 is 5.97 Å². The molecule has 4 aromatic rings. The number of benzene rings is 2. The highest BCUT2D eigenvalue weighted by atomic mass is 16.5. The zero-order valence-electron chi connectivity index (χ0n) is 13.0. The van der Waals surface area contributed by atoms with Gasteiger partial charge in [0.2, 0.25) is 5.76 Å². The Kier molecular flexibility index (Phi) is 3.46. The third kappa shape index (κ3) is 2.60. The fraction of sp³-hybridized carbons (Fsp3) is 0.105. The predicted molar refractivity (Wildman–Crippen MR) is 89.6 cm³/mol. The lowest BCUT2D eigenvalue weighted by Gasteiger charge is -2.07. The summed E-state index contributed by atoms with van der Waals surface area (Å²) in [5.41, 5.74) is 3.63. The predicted octanol–water partition coefficient (Wildman–Crippen LogP) is 4.04. The number of carbonyl (C=O) groups is 1. The highest BCUT2D eigenvalue weighted by Gasteiger charge is 2.15. The van der Waals surface area contributed by atoms with Gasteiger partial charge in [-0.2, -0.15) is 0 Å². The van der Waals surface area contributed by atoms with E-state index in [4.69, 9.17) is 9.15 Å². The number of furan rings is 1. The van der Waals surface area contributed by atoms with Crippen LogP contribution in [-0.2, 0) is 11.3 Å². The Bertz CT molecular complexity index is 1020. The highest BCUT2D eigenvalue weighted by Crippen LogP contribution is 2.20. The third-order valence-corrected chi connectivity index (χ3v) is 3.81. The molecule has 0 spiro atoms. The summed E-state index contributed by atoms with van der Waals surface area (Å²) in [7, 11) is 0. The van der Waals surface area contributed by atoms with Crippen molar-refractivity contribution in [1.82, 2.24) is 9.97 Å². The number of carbonyl (C=O) groups excluding carboxylic acids is 1. The maximum absolute atomic E-state index is 12.2. The van der Waals surface area contributed by atoms with Crippen molar-refractivity contribution in [3.63, 3.8) is 0 Å². The van der Waals surface area contributed by atoms with Crippen LogP contribution in [-0.4, -0.2) is 15.9 Å². The Balaban J connectivity index is 1.55. The molecule has 5 heteroatoms. The molecule has 118 valence electrons. The molecule has 0 unspecified atom stereocenters. The van der Waals surface area contributed by atoms with E-state index in [1.54, 1.807) is 6.07 Å². The minimum atomic E-state index is -0.513. The first-order valence-corrected chi connectivity index (χ1v) is 7.59. The zero-order valence-corrected chi connectivity index (χ0v) is 13.0. The number of hydrogen-bond donors (Lipinski definition) is 0. The number of aryl methyl sites for hydroxylation is 1. The summed E-state index contributed by atoms with van der Waals surface area (Å²) in [5.74, 6) is -0.330. The van der Waals surface area contributed by atoms with Crippen LogP contribution in [0.2, 0.25) is 0 Å². The number of hydrogen-bond acceptors (Lipinski definition) is 5. The van der Waals surface area contributed by atoms with Crippen molar-refractivity contribution in [3.05, 3.63) is 71.7 Å². The summed E-state index contributed by atoms with van der Waals surface area (Å²) in [5, 5.41) is 0.867. The van der Waals surface area contributed by atoms with Gasteiger partial charge in [0.15, 0.2) is 0 Å². The zero-order chi connectivity index (χ0) is 16.5. The number of ether oxygens (including phenoxy) is 1. The van der Waals surface area contributed by atoms with Gasteiger partial charge in [-0.15, -0.1) is 0 Å². The standard InChI is InChI=1S/C19H14N2O3/c1-12-16(21-15-8-4-3-7-14(15)20-12)11-23-19(22)18-10-13-6-2-5-9-17(13)24-18/h2-10H,11H2,1H3. The normalized spacial score (nSPS) is 11.0. The maximum Gasteiger partial charge on any atom is 0.374 e. The average molecular weight is 318 g/mol. The quantitative estimate of drug-likeness (QED) is 0.533. The second-order valence-electron chi connectivity index (χ2n) is 5.47. The monoisotopic (exact) mass is 318 g/mol. The fourth-order valence-electron chi connectivity index (χ4n) is 2.55. The summed E-state index contributed by atoms with van der Waals surface area (Å²) < 4.78 is 10.8. The summed E-state index contributed by atoms with van der Waals surface area (Å²) in [4.78, 5) is 21.2. The highest BCUT2D eigenvalue weighted by molar-refractivity contribution is 5.92. The topological polar surface area (TPSA) is 65.2 Å². The molecule has 0 atom stereocenters. The number of para-hydroxylation sites is 3. The molecule has 0 fully saturated rings. The van der Waals surface area contributed by atoms with Crippen molar-refractivity contribution in [2.24, 2.45) is 0 Å². The smallest absolute Gasteiger partial charge is 0.374 e. The van der Waals surface area contributed by atoms with Crippen LogP contribution >= 0.6 is 0 Å². The van der Waals surface area contributed by atoms with Gasteiger partial charge in [0, 0.05) is 5.39 Å². The molecule has 0 radical (unpaired) electrons. The third-order valence-electron chi connectivity index (χ3n) is 3.81. The van der Waals surface area contributed by atoms with Gasteiger partial charge in [0.1, 0.15) is 12.2 Å². The van der Waals surface area contributed by atoms with Gasteiger partial charge in [-0.25, -0.2) is 14.8 Å². The molecule has 2 aromatic carbocycles. The van der Waals surface area contributed by atoms with Crippen molar-refractivity contribution >= 4 is 28.0 Å². The number of aromatic nitrogens is 2. The largest absolute Gasteiger partial charge is 0.453 e. The van der Waals surface area contributed by atoms with E-state index in [2.05, 4.69) is 9.97 Å². The van der Waals surface area contributed by atoms with E-state index in [1.807, 2.05) is 55.5 Å². The van der Waals surface area contributed by atoms with Crippen LogP contribution in [0.5, 0.6) is 0 Å². The Morgan fingerprint density at radius 1 is 1.04 bits per heavy atom. The molecule has 2 aromatic heterocycles. The molecule has 0 saturated carbocycles. The van der Waals surface area contributed by atoms with Gasteiger partial charge in [0.25, 0.3) is 0 Å². The van der Waals surface area contributed by atoms with Crippen molar-refractivity contribution in [2.75, 3.05) is 0 Å². The van der Waals surface area contributed by atoms with E-state index in [0.29, 0.717) is 11.3 Å². The lowest BCUT2D eigenvalue weighted by Crippen LogP contribution is -2.07. The SMILES string of the molecule is Cc1nc2ccccc2nc1COC(=O)c1cc2ccccc2o1. The molecule has 0 aliphatic rings. The lowest BCUT2D eigenvalue weighted by atomic mass is 10.2. The van der Waals surface area contributed by atoms with E-state index in [0.717, 1.165) is 22.1 Å². The molecule has 0 amide bonds. The fourth-order valence-corrected chi connectivity index (χ4v) is 2.55. The Morgan fingerprint density at radius 2 is 1.75 bits per heavy atom. The second-order valence-corrected chi connectivity index (χ2v) is 5.47. The van der Waals surface area contributed by atoms with E-state index in [-0.39, 0.29) is 12.4 Å². The number of rotatable bonds is 3. The summed E-state index contributed by atoms with van der Waals surface area (Å²) in [6.45, 7) is 1.91. The molecule has 2 heterocycles. The van der Waals surface area contributed by atoms with Crippen molar-refractivity contribution in [3.8, 4) is 0 Å². The molecule has 0 aliphatic carbocycles. The van der Waals surface area contributed by atoms with Crippen molar-refractivity contribution in [2.45, 2.75) is 13.5 Å². The summed E-state index contributed by atoms with van der Waals surface area (Å²) >= 11 is 0. The van der Waals surface area contributed by atoms with E-state index in [1.165, 1.54) is 0 Å². The molecule has 0 aliphatic heterocycles. The average Bonchev–Trinajstić information content (AvgIpc) is 3.04. The molecule has 0 saturated heterocycles. The van der Waals surface area contributed by atoms with Crippen molar-refractivity contribution in [1.29, 1.82) is 0 Å². The summed E-state index contributed by atoms with van der Waals surface area (Å²) in [6, 6.07) is 16.7. The number of esters is 1. The van der Waals surface area contributed by atoms with Crippen LogP contribution in [0.15, 0.2) is 59.0 Å². The molecular weight excluding hydrogens is 304 g/mol.